The summed E-state index contributed by atoms with van der Waals surface area (Å²) in [5.41, 5.74) is 13.0. The van der Waals surface area contributed by atoms with Crippen LogP contribution in [-0.4, -0.2) is 16.1 Å². The van der Waals surface area contributed by atoms with Gasteiger partial charge >= 0.3 is 0 Å². The molecule has 2 heterocycles. The minimum atomic E-state index is -2.75. The summed E-state index contributed by atoms with van der Waals surface area (Å²) < 4.78 is 0. The van der Waals surface area contributed by atoms with Gasteiger partial charge in [-0.2, -0.15) is 0 Å². The van der Waals surface area contributed by atoms with Crippen LogP contribution >= 0.6 is 0 Å². The van der Waals surface area contributed by atoms with Crippen molar-refractivity contribution in [2.45, 2.75) is 0 Å². The average Bonchev–Trinajstić information content (AvgIpc) is 3.51. The molecular weight excluding hydrogens is 969 g/mol. The van der Waals surface area contributed by atoms with E-state index in [9.17, 15) is 0 Å². The molecule has 362 valence electrons. The maximum atomic E-state index is 2.59. The Morgan fingerprint density at radius 2 is 0.397 bits per heavy atom. The van der Waals surface area contributed by atoms with Crippen LogP contribution in [0.15, 0.2) is 303 Å². The van der Waals surface area contributed by atoms with E-state index < -0.39 is 16.1 Å². The zero-order valence-corrected chi connectivity index (χ0v) is 44.9. The highest BCUT2D eigenvalue weighted by Gasteiger charge is 2.50. The molecule has 2 heteroatoms. The smallest absolute Gasteiger partial charge is 0.0623 e. The van der Waals surface area contributed by atoms with Gasteiger partial charge in [-0.25, -0.2) is 0 Å². The highest BCUT2D eigenvalue weighted by atomic mass is 28.3. The molecule has 0 bridgehead atoms. The lowest BCUT2D eigenvalue weighted by Crippen LogP contribution is -2.72. The van der Waals surface area contributed by atoms with E-state index in [2.05, 4.69) is 303 Å². The molecule has 2 aliphatic rings. The Labute approximate surface area is 456 Å². The Morgan fingerprint density at radius 3 is 0.692 bits per heavy atom. The highest BCUT2D eigenvalue weighted by Crippen LogP contribution is 2.50. The first kappa shape index (κ1) is 44.8. The third kappa shape index (κ3) is 6.21. The van der Waals surface area contributed by atoms with Gasteiger partial charge < -0.3 is 0 Å². The summed E-state index contributed by atoms with van der Waals surface area (Å²) in [5.74, 6) is 0. The third-order valence-electron chi connectivity index (χ3n) is 17.6. The van der Waals surface area contributed by atoms with Crippen LogP contribution in [0.4, 0.5) is 0 Å². The van der Waals surface area contributed by atoms with E-state index in [0.717, 1.165) is 0 Å². The maximum absolute atomic E-state index is 2.75. The van der Waals surface area contributed by atoms with Gasteiger partial charge in [-0.15, -0.1) is 0 Å². The van der Waals surface area contributed by atoms with Crippen LogP contribution in [0.2, 0.25) is 0 Å². The molecule has 0 atom stereocenters. The van der Waals surface area contributed by atoms with Gasteiger partial charge in [0.15, 0.2) is 16.1 Å². The van der Waals surface area contributed by atoms with Gasteiger partial charge in [-0.05, 0) is 140 Å². The Kier molecular flexibility index (Phi) is 10.1. The van der Waals surface area contributed by atoms with E-state index in [-0.39, 0.29) is 0 Å². The first-order valence-corrected chi connectivity index (χ1v) is 31.3. The summed E-state index contributed by atoms with van der Waals surface area (Å²) in [7, 11) is -5.49. The van der Waals surface area contributed by atoms with Crippen LogP contribution in [0.1, 0.15) is 0 Å². The van der Waals surface area contributed by atoms with Gasteiger partial charge in [0.25, 0.3) is 0 Å². The van der Waals surface area contributed by atoms with Crippen molar-refractivity contribution in [3.8, 4) is 55.6 Å². The molecule has 0 radical (unpaired) electrons. The lowest BCUT2D eigenvalue weighted by Gasteiger charge is -2.31. The van der Waals surface area contributed by atoms with Crippen molar-refractivity contribution < 1.29 is 0 Å². The van der Waals surface area contributed by atoms with Crippen LogP contribution in [0.5, 0.6) is 0 Å². The lowest BCUT2D eigenvalue weighted by atomic mass is 9.81. The molecule has 0 aliphatic carbocycles. The topological polar surface area (TPSA) is 0 Å². The lowest BCUT2D eigenvalue weighted by molar-refractivity contribution is 1.66. The first-order valence-electron chi connectivity index (χ1n) is 27.3. The zero-order chi connectivity index (χ0) is 51.4. The molecule has 0 spiro atoms. The fourth-order valence-corrected chi connectivity index (χ4v) is 25.0. The molecule has 0 amide bonds. The fourth-order valence-electron chi connectivity index (χ4n) is 14.6. The van der Waals surface area contributed by atoms with E-state index in [1.54, 1.807) is 0 Å². The summed E-state index contributed by atoms with van der Waals surface area (Å²) in [6.45, 7) is 0. The van der Waals surface area contributed by atoms with Gasteiger partial charge in [0.2, 0.25) is 0 Å². The first-order chi connectivity index (χ1) is 38.7. The summed E-state index contributed by atoms with van der Waals surface area (Å²) in [4.78, 5) is 0. The number of benzene rings is 14. The van der Waals surface area contributed by atoms with E-state index in [4.69, 9.17) is 0 Å². The second kappa shape index (κ2) is 17.6. The highest BCUT2D eigenvalue weighted by molar-refractivity contribution is 7.23. The number of hydrogen-bond acceptors (Lipinski definition) is 0. The summed E-state index contributed by atoms with van der Waals surface area (Å²) in [6, 6.07) is 116. The van der Waals surface area contributed by atoms with Crippen LogP contribution < -0.4 is 41.5 Å². The van der Waals surface area contributed by atoms with Gasteiger partial charge in [-0.3, -0.25) is 0 Å². The SMILES string of the molecule is c1ccc([Si]2(c3ccccc3)c3ccccc3-c3ccc(-c4c5ccccc5c(-c5c6ccccc6c(-c6ccc7c(c6)[Si](c6ccccc6)(c6ccccc6)c6ccccc6-7)c6ccccc56)c5ccccc45)cc32)cc1. The van der Waals surface area contributed by atoms with E-state index >= 15 is 0 Å². The second-order valence-electron chi connectivity index (χ2n) is 21.3. The van der Waals surface area contributed by atoms with Crippen molar-refractivity contribution in [1.82, 2.24) is 0 Å². The summed E-state index contributed by atoms with van der Waals surface area (Å²) >= 11 is 0. The molecule has 16 rings (SSSR count). The standard InChI is InChI=1S/C76H50Si2/c1-5-25-53(26-6-1)77(54-27-7-2-8-28-54)69-43-23-21-33-57(69)59-47-45-51(49-71(59)77)73-61-35-13-17-39-65(61)75(66-40-18-14-36-62(66)73)76-67-41-19-15-37-63(67)74(64-38-16-20-42-68(64)76)52-46-48-60-58-34-22-24-44-70(58)78(72(60)50-52,55-29-9-3-10-30-55)56-31-11-4-12-32-56/h1-50H. The van der Waals surface area contributed by atoms with Gasteiger partial charge in [0.05, 0.1) is 0 Å². The van der Waals surface area contributed by atoms with E-state index in [0.29, 0.717) is 0 Å². The van der Waals surface area contributed by atoms with Crippen LogP contribution in [0, 0.1) is 0 Å². The van der Waals surface area contributed by atoms with Crippen molar-refractivity contribution in [2.75, 3.05) is 0 Å². The minimum absolute atomic E-state index is 1.25. The molecule has 2 aliphatic heterocycles. The molecule has 14 aromatic rings. The van der Waals surface area contributed by atoms with E-state index in [1.165, 1.54) is 140 Å². The minimum Gasteiger partial charge on any atom is -0.0623 e. The van der Waals surface area contributed by atoms with Crippen molar-refractivity contribution in [1.29, 1.82) is 0 Å². The van der Waals surface area contributed by atoms with Gasteiger partial charge in [0, 0.05) is 0 Å². The van der Waals surface area contributed by atoms with Gasteiger partial charge in [-0.1, -0.05) is 303 Å². The summed E-state index contributed by atoms with van der Waals surface area (Å²) in [6.07, 6.45) is 0. The predicted octanol–water partition coefficient (Wildman–Crippen LogP) is 14.0. The Hall–Kier alpha value is -9.45. The van der Waals surface area contributed by atoms with Crippen molar-refractivity contribution in [2.24, 2.45) is 0 Å². The molecule has 0 N–H and O–H groups in total. The molecule has 78 heavy (non-hydrogen) atoms. The molecule has 0 saturated heterocycles. The Morgan fingerprint density at radius 1 is 0.167 bits per heavy atom. The largest absolute Gasteiger partial charge is 0.180 e. The molecule has 14 aromatic carbocycles. The Balaban J connectivity index is 0.955. The molecular formula is C76H50Si2. The third-order valence-corrected chi connectivity index (χ3v) is 27.3. The van der Waals surface area contributed by atoms with Crippen LogP contribution in [-0.2, 0) is 0 Å². The van der Waals surface area contributed by atoms with Crippen molar-refractivity contribution >= 4 is 101 Å². The quantitative estimate of drug-likeness (QED) is 0.110. The monoisotopic (exact) mass is 1020 g/mol. The zero-order valence-electron chi connectivity index (χ0n) is 42.9. The average molecular weight is 1020 g/mol. The summed E-state index contributed by atoms with van der Waals surface area (Å²) in [5, 5.41) is 21.5. The van der Waals surface area contributed by atoms with E-state index in [1.807, 2.05) is 0 Å². The molecule has 0 nitrogen and oxygen atoms in total. The van der Waals surface area contributed by atoms with Crippen molar-refractivity contribution in [3.63, 3.8) is 0 Å². The maximum Gasteiger partial charge on any atom is 0.180 e. The normalized spacial score (nSPS) is 13.6. The van der Waals surface area contributed by atoms with Gasteiger partial charge in [0.1, 0.15) is 0 Å². The number of fused-ring (bicyclic) bond motifs is 10. The van der Waals surface area contributed by atoms with Crippen LogP contribution in [0.3, 0.4) is 0 Å². The number of rotatable bonds is 7. The number of hydrogen-bond donors (Lipinski definition) is 0. The van der Waals surface area contributed by atoms with Crippen molar-refractivity contribution in [3.05, 3.63) is 303 Å². The Bertz CT molecular complexity index is 4220. The predicted molar refractivity (Wildman–Crippen MR) is 338 cm³/mol. The molecule has 0 aromatic heterocycles. The molecule has 0 unspecified atom stereocenters. The second-order valence-corrected chi connectivity index (χ2v) is 28.7. The molecule has 0 saturated carbocycles. The molecule has 0 fully saturated rings. The van der Waals surface area contributed by atoms with Crippen LogP contribution in [0.25, 0.3) is 98.7 Å². The fraction of sp³-hybridized carbons (Fsp3) is 0.